The molecule has 1 unspecified atom stereocenters. The molecule has 1 atom stereocenters. The molecule has 0 aliphatic heterocycles. The Balaban J connectivity index is 2.30. The van der Waals surface area contributed by atoms with Crippen LogP contribution in [-0.4, -0.2) is 23.9 Å². The number of hydrogen-bond acceptors (Lipinski definition) is 6. The van der Waals surface area contributed by atoms with Gasteiger partial charge in [0, 0.05) is 23.4 Å². The van der Waals surface area contributed by atoms with E-state index in [0.29, 0.717) is 11.1 Å². The molecule has 0 fully saturated rings. The van der Waals surface area contributed by atoms with Crippen molar-refractivity contribution in [2.45, 2.75) is 43.4 Å². The zero-order valence-electron chi connectivity index (χ0n) is 12.8. The first-order valence-electron chi connectivity index (χ1n) is 7.04. The summed E-state index contributed by atoms with van der Waals surface area (Å²) in [4.78, 5) is 1.06. The predicted octanol–water partition coefficient (Wildman–Crippen LogP) is 3.60. The van der Waals surface area contributed by atoms with Gasteiger partial charge < -0.3 is 14.5 Å². The molecule has 0 saturated carbocycles. The zero-order chi connectivity index (χ0) is 15.2. The molecule has 5 nitrogen and oxygen atoms in total. The van der Waals surface area contributed by atoms with Gasteiger partial charge in [-0.3, -0.25) is 0 Å². The van der Waals surface area contributed by atoms with E-state index in [2.05, 4.69) is 29.4 Å². The predicted molar refractivity (Wildman–Crippen MR) is 82.9 cm³/mol. The summed E-state index contributed by atoms with van der Waals surface area (Å²) in [6.45, 7) is 7.04. The number of nitrogens with one attached hydrogen (secondary N) is 1. The lowest BCUT2D eigenvalue weighted by Crippen LogP contribution is -2.20. The summed E-state index contributed by atoms with van der Waals surface area (Å²) >= 11 is 1.47. The number of nitrogens with zero attached hydrogens (tertiary/aromatic N) is 2. The fourth-order valence-corrected chi connectivity index (χ4v) is 3.06. The number of aromatic nitrogens is 2. The molecule has 0 bridgehead atoms. The second-order valence-corrected chi connectivity index (χ2v) is 5.73. The minimum atomic E-state index is 0.188. The molecule has 2 aromatic rings. The van der Waals surface area contributed by atoms with E-state index in [1.807, 2.05) is 18.2 Å². The molecule has 21 heavy (non-hydrogen) atoms. The molecular weight excluding hydrogens is 286 g/mol. The highest BCUT2D eigenvalue weighted by Gasteiger charge is 2.18. The Morgan fingerprint density at radius 3 is 2.81 bits per heavy atom. The van der Waals surface area contributed by atoms with Crippen molar-refractivity contribution in [1.29, 1.82) is 0 Å². The van der Waals surface area contributed by atoms with Crippen molar-refractivity contribution in [3.8, 4) is 5.75 Å². The van der Waals surface area contributed by atoms with Crippen molar-refractivity contribution in [3.63, 3.8) is 0 Å². The van der Waals surface area contributed by atoms with E-state index in [9.17, 15) is 0 Å². The Morgan fingerprint density at radius 2 is 2.19 bits per heavy atom. The van der Waals surface area contributed by atoms with E-state index in [-0.39, 0.29) is 6.04 Å². The quantitative estimate of drug-likeness (QED) is 0.843. The summed E-state index contributed by atoms with van der Waals surface area (Å²) in [6, 6.07) is 6.18. The van der Waals surface area contributed by atoms with Crippen LogP contribution in [0, 0.1) is 6.92 Å². The van der Waals surface area contributed by atoms with Crippen LogP contribution in [0.1, 0.15) is 37.8 Å². The van der Waals surface area contributed by atoms with E-state index in [0.717, 1.165) is 29.2 Å². The smallest absolute Gasteiger partial charge is 0.281 e. The van der Waals surface area contributed by atoms with Gasteiger partial charge in [-0.2, -0.15) is 0 Å². The maximum absolute atomic E-state index is 5.51. The van der Waals surface area contributed by atoms with Gasteiger partial charge in [0.15, 0.2) is 0 Å². The van der Waals surface area contributed by atoms with Crippen LogP contribution in [0.15, 0.2) is 32.7 Å². The average molecular weight is 307 g/mol. The zero-order valence-corrected chi connectivity index (χ0v) is 13.7. The van der Waals surface area contributed by atoms with Gasteiger partial charge in [0.2, 0.25) is 5.89 Å². The summed E-state index contributed by atoms with van der Waals surface area (Å²) in [5, 5.41) is 12.0. The van der Waals surface area contributed by atoms with Crippen LogP contribution >= 0.6 is 11.8 Å². The number of rotatable bonds is 7. The van der Waals surface area contributed by atoms with Crippen LogP contribution in [0.4, 0.5) is 0 Å². The first-order valence-corrected chi connectivity index (χ1v) is 7.85. The lowest BCUT2D eigenvalue weighted by molar-refractivity contribution is 0.399. The third kappa shape index (κ3) is 3.98. The average Bonchev–Trinajstić information content (AvgIpc) is 2.89. The Bertz CT molecular complexity index is 586. The number of aryl methyl sites for hydroxylation is 1. The molecule has 0 aliphatic rings. The number of methoxy groups -OCH3 is 1. The Labute approximate surface area is 129 Å². The van der Waals surface area contributed by atoms with Gasteiger partial charge in [0.1, 0.15) is 5.75 Å². The van der Waals surface area contributed by atoms with Crippen LogP contribution in [0.2, 0.25) is 0 Å². The van der Waals surface area contributed by atoms with E-state index in [1.165, 1.54) is 11.8 Å². The van der Waals surface area contributed by atoms with Crippen molar-refractivity contribution in [3.05, 3.63) is 29.7 Å². The highest BCUT2D eigenvalue weighted by molar-refractivity contribution is 7.99. The van der Waals surface area contributed by atoms with Gasteiger partial charge in [0.05, 0.1) is 7.11 Å². The van der Waals surface area contributed by atoms with E-state index in [1.54, 1.807) is 14.0 Å². The number of benzene rings is 1. The lowest BCUT2D eigenvalue weighted by Gasteiger charge is -2.19. The van der Waals surface area contributed by atoms with E-state index in [4.69, 9.17) is 9.15 Å². The van der Waals surface area contributed by atoms with E-state index < -0.39 is 0 Å². The first kappa shape index (κ1) is 15.9. The summed E-state index contributed by atoms with van der Waals surface area (Å²) < 4.78 is 11.0. The van der Waals surface area contributed by atoms with Gasteiger partial charge >= 0.3 is 0 Å². The molecule has 1 N–H and O–H groups in total. The SMILES string of the molecule is CCCNC(C)c1c(OC)cccc1Sc1nnc(C)o1. The van der Waals surface area contributed by atoms with Crippen LogP contribution in [0.5, 0.6) is 5.75 Å². The molecule has 2 rings (SSSR count). The third-order valence-electron chi connectivity index (χ3n) is 3.08. The molecule has 6 heteroatoms. The minimum absolute atomic E-state index is 0.188. The second kappa shape index (κ2) is 7.47. The molecular formula is C15H21N3O2S. The molecule has 1 aromatic carbocycles. The van der Waals surface area contributed by atoms with Gasteiger partial charge in [-0.25, -0.2) is 0 Å². The second-order valence-electron chi connectivity index (χ2n) is 4.74. The topological polar surface area (TPSA) is 60.2 Å². The normalized spacial score (nSPS) is 12.4. The van der Waals surface area contributed by atoms with Crippen molar-refractivity contribution in [2.75, 3.05) is 13.7 Å². The minimum Gasteiger partial charge on any atom is -0.496 e. The lowest BCUT2D eigenvalue weighted by atomic mass is 10.1. The van der Waals surface area contributed by atoms with Crippen LogP contribution < -0.4 is 10.1 Å². The standard InChI is InChI=1S/C15H21N3O2S/c1-5-9-16-10(2)14-12(19-4)7-6-8-13(14)21-15-18-17-11(3)20-15/h6-8,10,16H,5,9H2,1-4H3. The highest BCUT2D eigenvalue weighted by atomic mass is 32.2. The fourth-order valence-electron chi connectivity index (χ4n) is 2.09. The number of hydrogen-bond donors (Lipinski definition) is 1. The Hall–Kier alpha value is -1.53. The third-order valence-corrected chi connectivity index (χ3v) is 4.00. The maximum Gasteiger partial charge on any atom is 0.281 e. The molecule has 0 saturated heterocycles. The maximum atomic E-state index is 5.51. The van der Waals surface area contributed by atoms with Crippen molar-refractivity contribution in [1.82, 2.24) is 15.5 Å². The van der Waals surface area contributed by atoms with Crippen LogP contribution in [-0.2, 0) is 0 Å². The van der Waals surface area contributed by atoms with Crippen molar-refractivity contribution < 1.29 is 9.15 Å². The van der Waals surface area contributed by atoms with Crippen molar-refractivity contribution >= 4 is 11.8 Å². The summed E-state index contributed by atoms with van der Waals surface area (Å²) in [5.41, 5.74) is 1.12. The van der Waals surface area contributed by atoms with Gasteiger partial charge in [0.25, 0.3) is 5.22 Å². The van der Waals surface area contributed by atoms with Crippen LogP contribution in [0.25, 0.3) is 0 Å². The molecule has 1 heterocycles. The Kier molecular flexibility index (Phi) is 5.64. The van der Waals surface area contributed by atoms with Crippen LogP contribution in [0.3, 0.4) is 0 Å². The fraction of sp³-hybridized carbons (Fsp3) is 0.467. The molecule has 0 aliphatic carbocycles. The van der Waals surface area contributed by atoms with Gasteiger partial charge in [-0.15, -0.1) is 10.2 Å². The monoisotopic (exact) mass is 307 g/mol. The first-order chi connectivity index (χ1) is 10.2. The van der Waals surface area contributed by atoms with E-state index >= 15 is 0 Å². The molecule has 114 valence electrons. The largest absolute Gasteiger partial charge is 0.496 e. The molecule has 0 amide bonds. The molecule has 0 radical (unpaired) electrons. The molecule has 0 spiro atoms. The summed E-state index contributed by atoms with van der Waals surface area (Å²) in [7, 11) is 1.69. The summed E-state index contributed by atoms with van der Waals surface area (Å²) in [5.74, 6) is 1.44. The highest BCUT2D eigenvalue weighted by Crippen LogP contribution is 2.37. The van der Waals surface area contributed by atoms with Gasteiger partial charge in [-0.1, -0.05) is 13.0 Å². The Morgan fingerprint density at radius 1 is 1.38 bits per heavy atom. The molecule has 1 aromatic heterocycles. The van der Waals surface area contributed by atoms with Crippen molar-refractivity contribution in [2.24, 2.45) is 0 Å². The summed E-state index contributed by atoms with van der Waals surface area (Å²) in [6.07, 6.45) is 1.09. The van der Waals surface area contributed by atoms with Gasteiger partial charge in [-0.05, 0) is 43.8 Å². The number of ether oxygens (including phenoxy) is 1.